The van der Waals surface area contributed by atoms with Crippen LogP contribution in [0.15, 0.2) is 47.3 Å². The van der Waals surface area contributed by atoms with Crippen molar-refractivity contribution in [2.75, 3.05) is 24.6 Å². The summed E-state index contributed by atoms with van der Waals surface area (Å²) in [4.78, 5) is 21.3. The number of aryl methyl sites for hydroxylation is 1. The van der Waals surface area contributed by atoms with Crippen molar-refractivity contribution < 1.29 is 17.9 Å². The summed E-state index contributed by atoms with van der Waals surface area (Å²) in [5.74, 6) is -0.407. The van der Waals surface area contributed by atoms with Crippen LogP contribution in [0.4, 0.5) is 18.9 Å². The lowest BCUT2D eigenvalue weighted by Crippen LogP contribution is -2.58. The van der Waals surface area contributed by atoms with Gasteiger partial charge in [0.05, 0.1) is 23.9 Å². The Kier molecular flexibility index (Phi) is 7.10. The first-order valence-electron chi connectivity index (χ1n) is 11.3. The molecule has 1 aliphatic heterocycles. The highest BCUT2D eigenvalue weighted by Crippen LogP contribution is 2.33. The van der Waals surface area contributed by atoms with Gasteiger partial charge in [-0.3, -0.25) is 9.69 Å². The summed E-state index contributed by atoms with van der Waals surface area (Å²) >= 11 is 0. The molecule has 1 unspecified atom stereocenters. The van der Waals surface area contributed by atoms with E-state index in [4.69, 9.17) is 0 Å². The summed E-state index contributed by atoms with van der Waals surface area (Å²) in [5.41, 5.74) is 2.52. The summed E-state index contributed by atoms with van der Waals surface area (Å²) < 4.78 is 45.5. The number of nitriles is 1. The molecule has 1 saturated heterocycles. The van der Waals surface area contributed by atoms with Crippen molar-refractivity contribution >= 4 is 16.7 Å². The Hall–Kier alpha value is -3.42. The fraction of sp³-hybridized carbons (Fsp3) is 0.400. The molecule has 7 nitrogen and oxygen atoms in total. The zero-order valence-corrected chi connectivity index (χ0v) is 19.7. The van der Waals surface area contributed by atoms with Gasteiger partial charge in [0, 0.05) is 38.3 Å². The van der Waals surface area contributed by atoms with Crippen molar-refractivity contribution in [3.05, 3.63) is 69.9 Å². The Bertz CT molecular complexity index is 1310. The molecule has 4 rings (SSSR count). The SMILES string of the molecule is C[C@@H]1CN(c2cc(=O)n(C)c3ccc(C#N)nc23)[C@@H](C)CN1C(COC(F)F)c1ccc(F)cc1. The summed E-state index contributed by atoms with van der Waals surface area (Å²) in [6.07, 6.45) is 0. The molecule has 0 N–H and O–H groups in total. The number of nitrogens with zero attached hydrogens (tertiary/aromatic N) is 5. The maximum absolute atomic E-state index is 13.5. The third-order valence-electron chi connectivity index (χ3n) is 6.56. The van der Waals surface area contributed by atoms with Crippen molar-refractivity contribution in [2.45, 2.75) is 38.6 Å². The highest BCUT2D eigenvalue weighted by atomic mass is 19.3. The van der Waals surface area contributed by atoms with Gasteiger partial charge in [0.1, 0.15) is 23.1 Å². The van der Waals surface area contributed by atoms with Crippen LogP contribution in [-0.4, -0.2) is 52.8 Å². The van der Waals surface area contributed by atoms with Crippen LogP contribution in [0, 0.1) is 17.1 Å². The second-order valence-corrected chi connectivity index (χ2v) is 8.81. The average Bonchev–Trinajstić information content (AvgIpc) is 2.84. The molecule has 10 heteroatoms. The number of halogens is 3. The van der Waals surface area contributed by atoms with Crippen LogP contribution in [-0.2, 0) is 11.8 Å². The van der Waals surface area contributed by atoms with E-state index < -0.39 is 18.5 Å². The van der Waals surface area contributed by atoms with E-state index in [1.165, 1.54) is 22.8 Å². The third-order valence-corrected chi connectivity index (χ3v) is 6.56. The minimum Gasteiger partial charge on any atom is -0.364 e. The molecule has 1 aromatic carbocycles. The maximum atomic E-state index is 13.5. The minimum absolute atomic E-state index is 0.122. The number of pyridine rings is 2. The first-order valence-corrected chi connectivity index (χ1v) is 11.3. The van der Waals surface area contributed by atoms with E-state index in [2.05, 4.69) is 19.5 Å². The number of anilines is 1. The van der Waals surface area contributed by atoms with E-state index in [0.29, 0.717) is 35.4 Å². The van der Waals surface area contributed by atoms with Gasteiger partial charge < -0.3 is 14.2 Å². The van der Waals surface area contributed by atoms with Crippen LogP contribution in [0.2, 0.25) is 0 Å². The highest BCUT2D eigenvalue weighted by molar-refractivity contribution is 5.89. The van der Waals surface area contributed by atoms with Crippen molar-refractivity contribution in [1.82, 2.24) is 14.5 Å². The standard InChI is InChI=1S/C25H26F3N5O2/c1-15-13-33(22(14-35-25(27)28)17-4-6-18(26)7-5-17)16(2)12-32(15)21-10-23(34)31(3)20-9-8-19(11-29)30-24(20)21/h4-10,15-16,22,25H,12-14H2,1-3H3/t15-,16+,22?/m0/s1. The Balaban J connectivity index is 1.69. The number of fused-ring (bicyclic) bond motifs is 1. The van der Waals surface area contributed by atoms with E-state index >= 15 is 0 Å². The molecule has 1 fully saturated rings. The first-order chi connectivity index (χ1) is 16.7. The van der Waals surface area contributed by atoms with E-state index in [9.17, 15) is 23.2 Å². The lowest BCUT2D eigenvalue weighted by molar-refractivity contribution is -0.144. The van der Waals surface area contributed by atoms with Crippen LogP contribution in [0.1, 0.15) is 31.1 Å². The fourth-order valence-electron chi connectivity index (χ4n) is 4.75. The lowest BCUT2D eigenvalue weighted by atomic mass is 9.99. The molecular formula is C25H26F3N5O2. The van der Waals surface area contributed by atoms with E-state index in [1.54, 1.807) is 31.3 Å². The number of piperazine rings is 1. The van der Waals surface area contributed by atoms with Gasteiger partial charge in [-0.15, -0.1) is 0 Å². The predicted octanol–water partition coefficient (Wildman–Crippen LogP) is 3.82. The summed E-state index contributed by atoms with van der Waals surface area (Å²) in [5, 5.41) is 9.34. The lowest BCUT2D eigenvalue weighted by Gasteiger charge is -2.48. The predicted molar refractivity (Wildman–Crippen MR) is 126 cm³/mol. The van der Waals surface area contributed by atoms with E-state index in [0.717, 1.165) is 0 Å². The van der Waals surface area contributed by atoms with Gasteiger partial charge in [0.25, 0.3) is 5.56 Å². The molecule has 0 radical (unpaired) electrons. The maximum Gasteiger partial charge on any atom is 0.345 e. The number of hydrogen-bond acceptors (Lipinski definition) is 6. The zero-order chi connectivity index (χ0) is 25.3. The molecule has 35 heavy (non-hydrogen) atoms. The molecule has 1 aliphatic rings. The van der Waals surface area contributed by atoms with Crippen LogP contribution in [0.25, 0.3) is 11.0 Å². The van der Waals surface area contributed by atoms with E-state index in [1.807, 2.05) is 19.9 Å². The molecule has 3 aromatic rings. The van der Waals surface area contributed by atoms with Crippen molar-refractivity contribution in [3.63, 3.8) is 0 Å². The number of alkyl halides is 2. The van der Waals surface area contributed by atoms with Gasteiger partial charge >= 0.3 is 6.61 Å². The average molecular weight is 486 g/mol. The molecule has 0 saturated carbocycles. The number of hydrogen-bond donors (Lipinski definition) is 0. The molecule has 0 bridgehead atoms. The third kappa shape index (κ3) is 5.01. The second-order valence-electron chi connectivity index (χ2n) is 8.81. The molecule has 0 amide bonds. The van der Waals surface area contributed by atoms with Crippen molar-refractivity contribution in [1.29, 1.82) is 5.26 Å². The van der Waals surface area contributed by atoms with Crippen molar-refractivity contribution in [3.8, 4) is 6.07 Å². The number of rotatable bonds is 6. The van der Waals surface area contributed by atoms with Crippen LogP contribution < -0.4 is 10.5 Å². The number of ether oxygens (including phenoxy) is 1. The van der Waals surface area contributed by atoms with Gasteiger partial charge in [-0.25, -0.2) is 9.37 Å². The molecule has 3 atom stereocenters. The van der Waals surface area contributed by atoms with Gasteiger partial charge in [-0.1, -0.05) is 12.1 Å². The quantitative estimate of drug-likeness (QED) is 0.529. The molecule has 184 valence electrons. The summed E-state index contributed by atoms with van der Waals surface area (Å²) in [7, 11) is 1.66. The second kappa shape index (κ2) is 10.1. The smallest absolute Gasteiger partial charge is 0.345 e. The molecule has 2 aromatic heterocycles. The summed E-state index contributed by atoms with van der Waals surface area (Å²) in [6, 6.07) is 11.9. The first kappa shape index (κ1) is 24.7. The van der Waals surface area contributed by atoms with Gasteiger partial charge in [0.2, 0.25) is 0 Å². The monoisotopic (exact) mass is 485 g/mol. The molecular weight excluding hydrogens is 459 g/mol. The molecule has 0 spiro atoms. The Morgan fingerprint density at radius 1 is 1.14 bits per heavy atom. The van der Waals surface area contributed by atoms with Crippen LogP contribution >= 0.6 is 0 Å². The van der Waals surface area contributed by atoms with Crippen molar-refractivity contribution in [2.24, 2.45) is 7.05 Å². The zero-order valence-electron chi connectivity index (χ0n) is 19.7. The van der Waals surface area contributed by atoms with Crippen LogP contribution in [0.5, 0.6) is 0 Å². The van der Waals surface area contributed by atoms with E-state index in [-0.39, 0.29) is 29.9 Å². The minimum atomic E-state index is -2.92. The van der Waals surface area contributed by atoms with Gasteiger partial charge in [-0.2, -0.15) is 14.0 Å². The summed E-state index contributed by atoms with van der Waals surface area (Å²) in [6.45, 7) is 1.74. The Labute approximate surface area is 201 Å². The number of aromatic nitrogens is 2. The Morgan fingerprint density at radius 3 is 2.51 bits per heavy atom. The van der Waals surface area contributed by atoms with Gasteiger partial charge in [-0.05, 0) is 43.7 Å². The normalized spacial score (nSPS) is 19.8. The fourth-order valence-corrected chi connectivity index (χ4v) is 4.75. The molecule has 3 heterocycles. The van der Waals surface area contributed by atoms with Gasteiger partial charge in [0.15, 0.2) is 0 Å². The molecule has 0 aliphatic carbocycles. The topological polar surface area (TPSA) is 74.4 Å². The highest BCUT2D eigenvalue weighted by Gasteiger charge is 2.35. The number of benzene rings is 1. The van der Waals surface area contributed by atoms with Crippen LogP contribution in [0.3, 0.4) is 0 Å². The largest absolute Gasteiger partial charge is 0.364 e. The Morgan fingerprint density at radius 2 is 1.86 bits per heavy atom.